The summed E-state index contributed by atoms with van der Waals surface area (Å²) in [5, 5.41) is 7.50. The van der Waals surface area contributed by atoms with Crippen molar-refractivity contribution in [3.8, 4) is 55.6 Å². The lowest BCUT2D eigenvalue weighted by molar-refractivity contribution is 1.28. The maximum Gasteiger partial charge on any atom is 0.0546 e. The van der Waals surface area contributed by atoms with Crippen molar-refractivity contribution in [2.75, 3.05) is 4.90 Å². The number of anilines is 3. The van der Waals surface area contributed by atoms with E-state index >= 15 is 0 Å². The van der Waals surface area contributed by atoms with E-state index in [1.165, 1.54) is 82.4 Å². The van der Waals surface area contributed by atoms with Crippen molar-refractivity contribution in [1.82, 2.24) is 0 Å². The van der Waals surface area contributed by atoms with Crippen molar-refractivity contribution >= 4 is 49.4 Å². The third kappa shape index (κ3) is 6.93. The fourth-order valence-corrected chi connectivity index (χ4v) is 8.93. The molecule has 0 fully saturated rings. The number of nitrogens with zero attached hydrogens (tertiary/aromatic N) is 1. The Morgan fingerprint density at radius 2 is 0.656 bits per heavy atom. The monoisotopic (exact) mass is 775 g/mol. The van der Waals surface area contributed by atoms with Gasteiger partial charge in [0.2, 0.25) is 0 Å². The number of benzene rings is 11. The molecule has 61 heavy (non-hydrogen) atoms. The smallest absolute Gasteiger partial charge is 0.0546 e. The van der Waals surface area contributed by atoms with E-state index in [9.17, 15) is 0 Å². The van der Waals surface area contributed by atoms with Crippen molar-refractivity contribution in [2.45, 2.75) is 0 Å². The van der Waals surface area contributed by atoms with E-state index in [-0.39, 0.29) is 0 Å². The summed E-state index contributed by atoms with van der Waals surface area (Å²) in [6, 6.07) is 90.6. The zero-order valence-corrected chi connectivity index (χ0v) is 33.6. The number of fused-ring (bicyclic) bond motifs is 4. The van der Waals surface area contributed by atoms with E-state index < -0.39 is 0 Å². The van der Waals surface area contributed by atoms with Crippen molar-refractivity contribution in [1.29, 1.82) is 0 Å². The van der Waals surface area contributed by atoms with Gasteiger partial charge in [-0.1, -0.05) is 206 Å². The van der Waals surface area contributed by atoms with Gasteiger partial charge in [-0.3, -0.25) is 0 Å². The fraction of sp³-hybridized carbons (Fsp3) is 0. The number of hydrogen-bond acceptors (Lipinski definition) is 1. The van der Waals surface area contributed by atoms with Crippen molar-refractivity contribution in [3.05, 3.63) is 249 Å². The molecule has 0 N–H and O–H groups in total. The van der Waals surface area contributed by atoms with Gasteiger partial charge in [0.05, 0.1) is 5.69 Å². The maximum atomic E-state index is 2.43. The number of rotatable bonds is 8. The maximum absolute atomic E-state index is 2.43. The van der Waals surface area contributed by atoms with Crippen molar-refractivity contribution in [3.63, 3.8) is 0 Å². The first-order valence-corrected chi connectivity index (χ1v) is 21.0. The van der Waals surface area contributed by atoms with Gasteiger partial charge in [-0.05, 0) is 125 Å². The standard InChI is InChI=1S/C60H41N/c1-3-13-42(14-4-1)44-23-25-45(26-24-44)46-29-34-53(35-30-46)61(54-36-31-47(32-37-54)50-28-27-43-15-7-8-18-49(43)39-50)60-41-52(33-38-56(60)48-16-5-2-6-17-48)59-40-51-19-9-10-20-55(51)57-21-11-12-22-58(57)59/h1-41H. The van der Waals surface area contributed by atoms with Crippen molar-refractivity contribution < 1.29 is 0 Å². The van der Waals surface area contributed by atoms with E-state index in [1.807, 2.05) is 0 Å². The molecule has 0 heterocycles. The molecule has 286 valence electrons. The minimum Gasteiger partial charge on any atom is -0.310 e. The molecule has 0 aliphatic heterocycles. The first-order chi connectivity index (χ1) is 30.2. The lowest BCUT2D eigenvalue weighted by Gasteiger charge is -2.29. The third-order valence-corrected chi connectivity index (χ3v) is 12.1. The Hall–Kier alpha value is -8.00. The molecule has 11 aromatic rings. The van der Waals surface area contributed by atoms with Gasteiger partial charge in [0.15, 0.2) is 0 Å². The van der Waals surface area contributed by atoms with E-state index in [2.05, 4.69) is 254 Å². The Balaban J connectivity index is 1.07. The summed E-state index contributed by atoms with van der Waals surface area (Å²) in [7, 11) is 0. The first-order valence-electron chi connectivity index (χ1n) is 21.0. The molecule has 0 saturated heterocycles. The molecule has 1 nitrogen and oxygen atoms in total. The lowest BCUT2D eigenvalue weighted by atomic mass is 9.91. The Labute approximate surface area is 357 Å². The summed E-state index contributed by atoms with van der Waals surface area (Å²) < 4.78 is 0. The van der Waals surface area contributed by atoms with E-state index in [4.69, 9.17) is 0 Å². The van der Waals surface area contributed by atoms with Crippen LogP contribution in [-0.4, -0.2) is 0 Å². The Morgan fingerprint density at radius 3 is 1.30 bits per heavy atom. The highest BCUT2D eigenvalue weighted by Gasteiger charge is 2.20. The summed E-state index contributed by atoms with van der Waals surface area (Å²) in [5.41, 5.74) is 15.2. The molecule has 0 aromatic heterocycles. The van der Waals surface area contributed by atoms with Crippen LogP contribution in [0.25, 0.3) is 88.0 Å². The quantitative estimate of drug-likeness (QED) is 0.139. The normalized spacial score (nSPS) is 11.3. The van der Waals surface area contributed by atoms with Gasteiger partial charge in [0, 0.05) is 16.9 Å². The minimum atomic E-state index is 1.08. The van der Waals surface area contributed by atoms with Crippen LogP contribution in [0.4, 0.5) is 17.1 Å². The molecule has 0 bridgehead atoms. The van der Waals surface area contributed by atoms with E-state index in [0.717, 1.165) is 22.6 Å². The van der Waals surface area contributed by atoms with Gasteiger partial charge < -0.3 is 4.90 Å². The van der Waals surface area contributed by atoms with E-state index in [0.29, 0.717) is 0 Å². The molecule has 0 spiro atoms. The zero-order chi connectivity index (χ0) is 40.5. The molecule has 0 radical (unpaired) electrons. The van der Waals surface area contributed by atoms with Gasteiger partial charge in [0.1, 0.15) is 0 Å². The highest BCUT2D eigenvalue weighted by molar-refractivity contribution is 6.14. The topological polar surface area (TPSA) is 3.24 Å². The van der Waals surface area contributed by atoms with Crippen LogP contribution in [-0.2, 0) is 0 Å². The van der Waals surface area contributed by atoms with Crippen LogP contribution >= 0.6 is 0 Å². The molecule has 0 saturated carbocycles. The van der Waals surface area contributed by atoms with Gasteiger partial charge in [-0.25, -0.2) is 0 Å². The molecule has 0 aliphatic rings. The Bertz CT molecular complexity index is 3310. The molecular weight excluding hydrogens is 735 g/mol. The minimum absolute atomic E-state index is 1.08. The highest BCUT2D eigenvalue weighted by atomic mass is 15.1. The second-order valence-electron chi connectivity index (χ2n) is 15.7. The summed E-state index contributed by atoms with van der Waals surface area (Å²) >= 11 is 0. The van der Waals surface area contributed by atoms with Crippen LogP contribution < -0.4 is 4.90 Å². The average Bonchev–Trinajstić information content (AvgIpc) is 3.35. The summed E-state index contributed by atoms with van der Waals surface area (Å²) in [4.78, 5) is 2.43. The molecule has 1 heteroatoms. The molecule has 0 amide bonds. The summed E-state index contributed by atoms with van der Waals surface area (Å²) in [6.45, 7) is 0. The molecular formula is C60H41N. The summed E-state index contributed by atoms with van der Waals surface area (Å²) in [6.07, 6.45) is 0. The zero-order valence-electron chi connectivity index (χ0n) is 33.6. The number of hydrogen-bond donors (Lipinski definition) is 0. The Kier molecular flexibility index (Phi) is 9.26. The van der Waals surface area contributed by atoms with Crippen LogP contribution in [0.2, 0.25) is 0 Å². The second-order valence-corrected chi connectivity index (χ2v) is 15.7. The van der Waals surface area contributed by atoms with Gasteiger partial charge in [0.25, 0.3) is 0 Å². The van der Waals surface area contributed by atoms with Crippen LogP contribution in [0, 0.1) is 0 Å². The predicted molar refractivity (Wildman–Crippen MR) is 261 cm³/mol. The Morgan fingerprint density at radius 1 is 0.213 bits per heavy atom. The van der Waals surface area contributed by atoms with E-state index in [1.54, 1.807) is 0 Å². The molecule has 0 unspecified atom stereocenters. The van der Waals surface area contributed by atoms with Crippen LogP contribution in [0.5, 0.6) is 0 Å². The summed E-state index contributed by atoms with van der Waals surface area (Å²) in [5.74, 6) is 0. The highest BCUT2D eigenvalue weighted by Crippen LogP contribution is 2.45. The van der Waals surface area contributed by atoms with Gasteiger partial charge in [-0.15, -0.1) is 0 Å². The average molecular weight is 776 g/mol. The van der Waals surface area contributed by atoms with Crippen LogP contribution in [0.1, 0.15) is 0 Å². The molecule has 11 rings (SSSR count). The largest absolute Gasteiger partial charge is 0.310 e. The molecule has 0 atom stereocenters. The van der Waals surface area contributed by atoms with Crippen LogP contribution in [0.15, 0.2) is 249 Å². The second kappa shape index (κ2) is 15.6. The third-order valence-electron chi connectivity index (χ3n) is 12.1. The lowest BCUT2D eigenvalue weighted by Crippen LogP contribution is -2.11. The molecule has 11 aromatic carbocycles. The fourth-order valence-electron chi connectivity index (χ4n) is 8.93. The van der Waals surface area contributed by atoms with Gasteiger partial charge in [-0.2, -0.15) is 0 Å². The van der Waals surface area contributed by atoms with Crippen LogP contribution in [0.3, 0.4) is 0 Å². The SMILES string of the molecule is c1ccc(-c2ccc(-c3ccc(N(c4ccc(-c5ccc6ccccc6c5)cc4)c4cc(-c5cc6ccccc6c6ccccc56)ccc4-c4ccccc4)cc3)cc2)cc1. The first kappa shape index (κ1) is 36.1. The molecule has 0 aliphatic carbocycles. The van der Waals surface area contributed by atoms with Gasteiger partial charge >= 0.3 is 0 Å². The predicted octanol–water partition coefficient (Wildman–Crippen LogP) is 17.0. The van der Waals surface area contributed by atoms with Crippen molar-refractivity contribution in [2.24, 2.45) is 0 Å².